The second kappa shape index (κ2) is 6.22. The number of nitrogens with one attached hydrogen (secondary N) is 1. The van der Waals surface area contributed by atoms with Crippen LogP contribution in [0.5, 0.6) is 11.5 Å². The first-order valence-electron chi connectivity index (χ1n) is 6.03. The van der Waals surface area contributed by atoms with Gasteiger partial charge in [0.05, 0.1) is 20.3 Å². The fourth-order valence-corrected chi connectivity index (χ4v) is 2.07. The first-order valence-corrected chi connectivity index (χ1v) is 6.03. The minimum Gasteiger partial charge on any atom is -0.497 e. The first kappa shape index (κ1) is 13.4. The molecule has 0 saturated heterocycles. The highest BCUT2D eigenvalue weighted by Gasteiger charge is 2.16. The zero-order valence-corrected chi connectivity index (χ0v) is 11.1. The maximum atomic E-state index is 5.69. The van der Waals surface area contributed by atoms with E-state index in [0.29, 0.717) is 0 Å². The lowest BCUT2D eigenvalue weighted by Crippen LogP contribution is -2.29. The van der Waals surface area contributed by atoms with Gasteiger partial charge in [-0.15, -0.1) is 0 Å². The van der Waals surface area contributed by atoms with E-state index < -0.39 is 0 Å². The normalized spacial score (nSPS) is 11.9. The third-order valence-corrected chi connectivity index (χ3v) is 3.07. The summed E-state index contributed by atoms with van der Waals surface area (Å²) in [5.41, 5.74) is 4.87. The van der Waals surface area contributed by atoms with Crippen LogP contribution >= 0.6 is 0 Å². The Kier molecular flexibility index (Phi) is 4.39. The van der Waals surface area contributed by atoms with E-state index in [4.69, 9.17) is 15.3 Å². The molecule has 4 heteroatoms. The number of para-hydroxylation sites is 1. The lowest BCUT2D eigenvalue weighted by molar-refractivity contribution is 0.404. The molecule has 4 nitrogen and oxygen atoms in total. The fourth-order valence-electron chi connectivity index (χ4n) is 2.07. The van der Waals surface area contributed by atoms with Crippen molar-refractivity contribution >= 4 is 0 Å². The Bertz CT molecular complexity index is 526. The highest BCUT2D eigenvalue weighted by molar-refractivity contribution is 5.42. The molecule has 0 radical (unpaired) electrons. The molecule has 0 spiro atoms. The van der Waals surface area contributed by atoms with Crippen LogP contribution in [-0.2, 0) is 0 Å². The molecule has 19 heavy (non-hydrogen) atoms. The van der Waals surface area contributed by atoms with Crippen molar-refractivity contribution in [2.75, 3.05) is 14.2 Å². The molecule has 1 unspecified atom stereocenters. The van der Waals surface area contributed by atoms with E-state index in [-0.39, 0.29) is 6.04 Å². The molecule has 0 aromatic heterocycles. The Morgan fingerprint density at radius 3 is 2.21 bits per heavy atom. The lowest BCUT2D eigenvalue weighted by atomic mass is 9.98. The second-order valence-corrected chi connectivity index (χ2v) is 4.11. The van der Waals surface area contributed by atoms with Crippen molar-refractivity contribution in [3.8, 4) is 11.5 Å². The third-order valence-electron chi connectivity index (χ3n) is 3.07. The second-order valence-electron chi connectivity index (χ2n) is 4.11. The van der Waals surface area contributed by atoms with Crippen LogP contribution in [-0.4, -0.2) is 14.2 Å². The van der Waals surface area contributed by atoms with Crippen LogP contribution in [0.3, 0.4) is 0 Å². The number of nitrogens with two attached hydrogens (primary N) is 1. The van der Waals surface area contributed by atoms with Gasteiger partial charge in [0.1, 0.15) is 11.5 Å². The van der Waals surface area contributed by atoms with Crippen LogP contribution in [0.2, 0.25) is 0 Å². The minimum atomic E-state index is -0.123. The Morgan fingerprint density at radius 1 is 0.947 bits per heavy atom. The van der Waals surface area contributed by atoms with Crippen LogP contribution in [0.25, 0.3) is 0 Å². The van der Waals surface area contributed by atoms with Gasteiger partial charge in [0.25, 0.3) is 0 Å². The molecule has 0 amide bonds. The molecule has 0 fully saturated rings. The molecule has 0 aliphatic rings. The minimum absolute atomic E-state index is 0.123. The summed E-state index contributed by atoms with van der Waals surface area (Å²) in [6.45, 7) is 0. The van der Waals surface area contributed by atoms with Gasteiger partial charge in [-0.3, -0.25) is 5.84 Å². The largest absolute Gasteiger partial charge is 0.497 e. The summed E-state index contributed by atoms with van der Waals surface area (Å²) in [4.78, 5) is 0. The van der Waals surface area contributed by atoms with Gasteiger partial charge < -0.3 is 9.47 Å². The van der Waals surface area contributed by atoms with E-state index in [1.165, 1.54) is 0 Å². The van der Waals surface area contributed by atoms with E-state index in [2.05, 4.69) is 5.43 Å². The van der Waals surface area contributed by atoms with E-state index in [1.807, 2.05) is 48.5 Å². The Labute approximate surface area is 113 Å². The summed E-state index contributed by atoms with van der Waals surface area (Å²) in [6.07, 6.45) is 0. The highest BCUT2D eigenvalue weighted by Crippen LogP contribution is 2.30. The topological polar surface area (TPSA) is 56.5 Å². The Hall–Kier alpha value is -2.04. The molecule has 0 saturated carbocycles. The maximum Gasteiger partial charge on any atom is 0.124 e. The number of ether oxygens (including phenoxy) is 2. The molecule has 2 aromatic rings. The third kappa shape index (κ3) is 2.86. The van der Waals surface area contributed by atoms with Gasteiger partial charge in [0.15, 0.2) is 0 Å². The summed E-state index contributed by atoms with van der Waals surface area (Å²) in [5, 5.41) is 0. The number of rotatable bonds is 5. The average Bonchev–Trinajstić information content (AvgIpc) is 2.49. The van der Waals surface area contributed by atoms with Gasteiger partial charge in [0, 0.05) is 5.56 Å². The quantitative estimate of drug-likeness (QED) is 0.638. The smallest absolute Gasteiger partial charge is 0.124 e. The Morgan fingerprint density at radius 2 is 1.63 bits per heavy atom. The van der Waals surface area contributed by atoms with Crippen molar-refractivity contribution < 1.29 is 9.47 Å². The molecule has 1 atom stereocenters. The fraction of sp³-hybridized carbons (Fsp3) is 0.200. The van der Waals surface area contributed by atoms with E-state index >= 15 is 0 Å². The molecule has 0 aliphatic carbocycles. The summed E-state index contributed by atoms with van der Waals surface area (Å²) < 4.78 is 10.5. The van der Waals surface area contributed by atoms with Gasteiger partial charge >= 0.3 is 0 Å². The molecule has 2 aromatic carbocycles. The lowest BCUT2D eigenvalue weighted by Gasteiger charge is -2.19. The van der Waals surface area contributed by atoms with Gasteiger partial charge in [-0.25, -0.2) is 5.43 Å². The van der Waals surface area contributed by atoms with E-state index in [1.54, 1.807) is 14.2 Å². The molecular weight excluding hydrogens is 240 g/mol. The van der Waals surface area contributed by atoms with E-state index in [9.17, 15) is 0 Å². The monoisotopic (exact) mass is 258 g/mol. The van der Waals surface area contributed by atoms with Crippen LogP contribution in [0, 0.1) is 0 Å². The van der Waals surface area contributed by atoms with Gasteiger partial charge in [-0.2, -0.15) is 0 Å². The predicted molar refractivity (Wildman–Crippen MR) is 75.2 cm³/mol. The summed E-state index contributed by atoms with van der Waals surface area (Å²) in [5.74, 6) is 7.32. The summed E-state index contributed by atoms with van der Waals surface area (Å²) >= 11 is 0. The molecule has 0 aliphatic heterocycles. The van der Waals surface area contributed by atoms with Gasteiger partial charge in [0.2, 0.25) is 0 Å². The SMILES string of the molecule is COc1ccc(C(NN)c2ccccc2OC)cc1. The van der Waals surface area contributed by atoms with Gasteiger partial charge in [-0.05, 0) is 23.8 Å². The van der Waals surface area contributed by atoms with Crippen molar-refractivity contribution in [3.63, 3.8) is 0 Å². The van der Waals surface area contributed by atoms with Crippen molar-refractivity contribution in [3.05, 3.63) is 59.7 Å². The van der Waals surface area contributed by atoms with Crippen LogP contribution in [0.1, 0.15) is 17.2 Å². The molecule has 3 N–H and O–H groups in total. The molecule has 100 valence electrons. The van der Waals surface area contributed by atoms with Crippen LogP contribution < -0.4 is 20.7 Å². The zero-order valence-electron chi connectivity index (χ0n) is 11.1. The summed E-state index contributed by atoms with van der Waals surface area (Å²) in [6, 6.07) is 15.5. The van der Waals surface area contributed by atoms with E-state index in [0.717, 1.165) is 22.6 Å². The van der Waals surface area contributed by atoms with Gasteiger partial charge in [-0.1, -0.05) is 30.3 Å². The number of benzene rings is 2. The van der Waals surface area contributed by atoms with Crippen molar-refractivity contribution in [2.45, 2.75) is 6.04 Å². The number of hydrazine groups is 1. The standard InChI is InChI=1S/C15H18N2O2/c1-18-12-9-7-11(8-10-12)15(17-16)13-5-3-4-6-14(13)19-2/h3-10,15,17H,16H2,1-2H3. The Balaban J connectivity index is 2.37. The number of methoxy groups -OCH3 is 2. The number of hydrogen-bond donors (Lipinski definition) is 2. The van der Waals surface area contributed by atoms with Crippen molar-refractivity contribution in [1.82, 2.24) is 5.43 Å². The van der Waals surface area contributed by atoms with Crippen LogP contribution in [0.15, 0.2) is 48.5 Å². The average molecular weight is 258 g/mol. The zero-order chi connectivity index (χ0) is 13.7. The van der Waals surface area contributed by atoms with Crippen LogP contribution in [0.4, 0.5) is 0 Å². The highest BCUT2D eigenvalue weighted by atomic mass is 16.5. The number of hydrogen-bond acceptors (Lipinski definition) is 4. The predicted octanol–water partition coefficient (Wildman–Crippen LogP) is 2.26. The maximum absolute atomic E-state index is 5.69. The summed E-state index contributed by atoms with van der Waals surface area (Å²) in [7, 11) is 3.30. The van der Waals surface area contributed by atoms with Crippen molar-refractivity contribution in [1.29, 1.82) is 0 Å². The molecule has 0 heterocycles. The van der Waals surface area contributed by atoms with Crippen molar-refractivity contribution in [2.24, 2.45) is 5.84 Å². The molecular formula is C15H18N2O2. The first-order chi connectivity index (χ1) is 9.30. The molecule has 0 bridgehead atoms. The molecule has 2 rings (SSSR count).